The second-order valence-corrected chi connectivity index (χ2v) is 34.1. The summed E-state index contributed by atoms with van der Waals surface area (Å²) in [6.07, 6.45) is 0. The third kappa shape index (κ3) is 10.4. The van der Waals surface area contributed by atoms with Gasteiger partial charge in [-0.05, 0) is 135 Å². The van der Waals surface area contributed by atoms with E-state index in [9.17, 15) is 0 Å². The molecule has 89 heavy (non-hydrogen) atoms. The van der Waals surface area contributed by atoms with Crippen molar-refractivity contribution >= 4 is 121 Å². The molecule has 0 fully saturated rings. The summed E-state index contributed by atoms with van der Waals surface area (Å²) in [5.74, 6) is 0. The Morgan fingerprint density at radius 1 is 0.112 bits per heavy atom. The Hall–Kier alpha value is -10.7. The number of hydrogen-bond donors (Lipinski definition) is 0. The third-order valence-electron chi connectivity index (χ3n) is 17.9. The highest BCUT2D eigenvalue weighted by molar-refractivity contribution is 7.22. The molecule has 0 aromatic heterocycles. The van der Waals surface area contributed by atoms with Gasteiger partial charge in [0.1, 0.15) is 0 Å². The van der Waals surface area contributed by atoms with Gasteiger partial charge in [-0.2, -0.15) is 0 Å². The highest BCUT2D eigenvalue weighted by Crippen LogP contribution is 2.36. The van der Waals surface area contributed by atoms with Crippen LogP contribution in [0.4, 0.5) is 34.1 Å². The second kappa shape index (κ2) is 25.3. The van der Waals surface area contributed by atoms with Gasteiger partial charge in [-0.3, -0.25) is 0 Å². The van der Waals surface area contributed by atoms with Crippen LogP contribution >= 0.6 is 0 Å². The van der Waals surface area contributed by atoms with Crippen LogP contribution < -0.4 is 72.0 Å². The van der Waals surface area contributed by atoms with E-state index in [1.165, 1.54) is 62.2 Å². The van der Waals surface area contributed by atoms with Gasteiger partial charge in [0.2, 0.25) is 0 Å². The Bertz CT molecular complexity index is 3940. The zero-order valence-electron chi connectivity index (χ0n) is 49.5. The Morgan fingerprint density at radius 3 is 0.382 bits per heavy atom. The fraction of sp³-hybridized carbons (Fsp3) is 0. The number of para-hydroxylation sites is 4. The molecule has 0 aliphatic heterocycles. The molecule has 424 valence electrons. The van der Waals surface area contributed by atoms with Crippen molar-refractivity contribution in [1.29, 1.82) is 0 Å². The van der Waals surface area contributed by atoms with Crippen LogP contribution in [0.5, 0.6) is 0 Å². The molecule has 0 heterocycles. The lowest BCUT2D eigenvalue weighted by molar-refractivity contribution is 1.28. The van der Waals surface area contributed by atoms with Crippen LogP contribution in [0.3, 0.4) is 0 Å². The van der Waals surface area contributed by atoms with Gasteiger partial charge < -0.3 is 9.80 Å². The van der Waals surface area contributed by atoms with Crippen molar-refractivity contribution in [3.63, 3.8) is 0 Å². The van der Waals surface area contributed by atoms with E-state index in [0.29, 0.717) is 0 Å². The molecule has 0 atom stereocenters. The molecule has 0 aliphatic carbocycles. The third-order valence-corrected chi connectivity index (χ3v) is 32.3. The normalized spacial score (nSPS) is 11.6. The first-order valence-corrected chi connectivity index (χ1v) is 36.7. The monoisotopic (exact) mass is 1190 g/mol. The number of hydrogen-bond acceptors (Lipinski definition) is 2. The van der Waals surface area contributed by atoms with E-state index >= 15 is 0 Å². The molecular formula is C84H66N2Si3. The van der Waals surface area contributed by atoms with Crippen molar-refractivity contribution in [2.45, 2.75) is 0 Å². The van der Waals surface area contributed by atoms with Gasteiger partial charge >= 0.3 is 0 Å². The van der Waals surface area contributed by atoms with Gasteiger partial charge in [-0.15, -0.1) is 0 Å². The molecule has 2 nitrogen and oxygen atoms in total. The number of anilines is 6. The maximum atomic E-state index is 2.52. The lowest BCUT2D eigenvalue weighted by atomic mass is 10.2. The molecule has 0 N–H and O–H groups in total. The molecule has 5 heteroatoms. The van der Waals surface area contributed by atoms with Gasteiger partial charge in [0, 0.05) is 34.1 Å². The average molecular weight is 1190 g/mol. The molecular weight excluding hydrogens is 1120 g/mol. The number of rotatable bonds is 18. The molecule has 14 aromatic rings. The first-order chi connectivity index (χ1) is 44.2. The Labute approximate surface area is 527 Å². The summed E-state index contributed by atoms with van der Waals surface area (Å²) >= 11 is 0. The molecule has 0 spiro atoms. The van der Waals surface area contributed by atoms with Crippen molar-refractivity contribution in [2.24, 2.45) is 0 Å². The second-order valence-electron chi connectivity index (χ2n) is 22.7. The highest BCUT2D eigenvalue weighted by Gasteiger charge is 2.46. The minimum absolute atomic E-state index is 1.09. The largest absolute Gasteiger partial charge is 0.311 e. The zero-order valence-corrected chi connectivity index (χ0v) is 52.5. The lowest BCUT2D eigenvalue weighted by Crippen LogP contribution is -2.77. The van der Waals surface area contributed by atoms with E-state index in [0.717, 1.165) is 34.1 Å². The molecule has 14 aromatic carbocycles. The fourth-order valence-corrected chi connectivity index (χ4v) is 28.1. The van der Waals surface area contributed by atoms with Crippen LogP contribution in [-0.2, 0) is 0 Å². The molecule has 14 rings (SSSR count). The van der Waals surface area contributed by atoms with Gasteiger partial charge in [-0.25, -0.2) is 0 Å². The summed E-state index contributed by atoms with van der Waals surface area (Å²) in [6.45, 7) is 0. The van der Waals surface area contributed by atoms with Gasteiger partial charge in [0.05, 0.1) is 0 Å². The molecule has 0 amide bonds. The van der Waals surface area contributed by atoms with E-state index < -0.39 is 24.2 Å². The molecule has 0 bridgehead atoms. The van der Waals surface area contributed by atoms with Crippen LogP contribution in [0, 0.1) is 0 Å². The SMILES string of the molecule is c1ccc(N(c2ccccc2)c2ccc([Si](c3ccc(N(c4ccccc4)c4ccccc4)cc3)(c3ccc([Si](c4ccccc4)(c4ccccc4)c4ccccc4)cc3)c3ccc([Si](c4ccccc4)(c4ccccc4)c4ccccc4)cc3)cc2)cc1. The smallest absolute Gasteiger partial charge is 0.179 e. The van der Waals surface area contributed by atoms with Crippen molar-refractivity contribution in [3.8, 4) is 0 Å². The fourth-order valence-electron chi connectivity index (χ4n) is 14.0. The average Bonchev–Trinajstić information content (AvgIpc) is 0.846. The lowest BCUT2D eigenvalue weighted by Gasteiger charge is -2.38. The zero-order chi connectivity index (χ0) is 59.7. The molecule has 0 saturated carbocycles. The summed E-state index contributed by atoms with van der Waals surface area (Å²) in [7, 11) is -9.19. The summed E-state index contributed by atoms with van der Waals surface area (Å²) in [5, 5.41) is 15.9. The topological polar surface area (TPSA) is 6.48 Å². The van der Waals surface area contributed by atoms with Crippen LogP contribution in [0.2, 0.25) is 0 Å². The Balaban J connectivity index is 1.05. The van der Waals surface area contributed by atoms with Crippen LogP contribution in [-0.4, -0.2) is 24.2 Å². The van der Waals surface area contributed by atoms with Crippen molar-refractivity contribution < 1.29 is 0 Å². The van der Waals surface area contributed by atoms with Crippen molar-refractivity contribution in [3.05, 3.63) is 400 Å². The Kier molecular flexibility index (Phi) is 16.0. The quantitative estimate of drug-likeness (QED) is 0.0624. The van der Waals surface area contributed by atoms with E-state index in [4.69, 9.17) is 0 Å². The highest BCUT2D eigenvalue weighted by atomic mass is 28.3. The molecule has 0 radical (unpaired) electrons. The predicted molar refractivity (Wildman–Crippen MR) is 387 cm³/mol. The predicted octanol–water partition coefficient (Wildman–Crippen LogP) is 12.8. The van der Waals surface area contributed by atoms with Gasteiger partial charge in [-0.1, -0.05) is 328 Å². The first-order valence-electron chi connectivity index (χ1n) is 30.7. The summed E-state index contributed by atoms with van der Waals surface area (Å²) in [4.78, 5) is 4.74. The maximum absolute atomic E-state index is 3.38. The number of nitrogens with zero attached hydrogens (tertiary/aromatic N) is 2. The Morgan fingerprint density at radius 2 is 0.225 bits per heavy atom. The minimum Gasteiger partial charge on any atom is -0.311 e. The van der Waals surface area contributed by atoms with E-state index in [-0.39, 0.29) is 0 Å². The van der Waals surface area contributed by atoms with Crippen LogP contribution in [0.25, 0.3) is 0 Å². The van der Waals surface area contributed by atoms with Crippen LogP contribution in [0.15, 0.2) is 400 Å². The van der Waals surface area contributed by atoms with E-state index in [1.54, 1.807) is 0 Å². The standard InChI is InChI=1S/C84H66N2Si3/c1-11-31-67(32-12-1)85(68-33-13-2-14-34-68)71-51-55-79(56-52-71)89(80-57-53-72(54-58-80)86(69-35-15-3-16-36-69)70-37-17-4-18-38-70,83-63-59-81(60-64-83)87(73-39-19-5-20-40-73,74-41-21-6-22-42-74)75-43-23-7-24-44-75)84-65-61-82(62-66-84)88(76-45-25-8-26-46-76,77-47-27-9-28-48-77)78-49-29-10-30-50-78/h1-66H. The molecule has 0 aliphatic rings. The summed E-state index contributed by atoms with van der Waals surface area (Å²) in [5.41, 5.74) is 6.58. The minimum atomic E-state index is -3.38. The van der Waals surface area contributed by atoms with E-state index in [1.807, 2.05) is 0 Å². The number of benzene rings is 14. The summed E-state index contributed by atoms with van der Waals surface area (Å²) < 4.78 is 0. The molecule has 0 unspecified atom stereocenters. The van der Waals surface area contributed by atoms with Crippen LogP contribution in [0.1, 0.15) is 0 Å². The van der Waals surface area contributed by atoms with Gasteiger partial charge in [0.25, 0.3) is 0 Å². The first kappa shape index (κ1) is 56.2. The molecule has 0 saturated heterocycles. The van der Waals surface area contributed by atoms with Crippen molar-refractivity contribution in [1.82, 2.24) is 0 Å². The van der Waals surface area contributed by atoms with Crippen molar-refractivity contribution in [2.75, 3.05) is 9.80 Å². The summed E-state index contributed by atoms with van der Waals surface area (Å²) in [6, 6.07) is 150. The van der Waals surface area contributed by atoms with E-state index in [2.05, 4.69) is 410 Å². The van der Waals surface area contributed by atoms with Gasteiger partial charge in [0.15, 0.2) is 24.2 Å². The maximum Gasteiger partial charge on any atom is 0.179 e.